The van der Waals surface area contributed by atoms with Gasteiger partial charge in [-0.3, -0.25) is 0 Å². The molecule has 3 rings (SSSR count). The first-order valence-corrected chi connectivity index (χ1v) is 6.39. The quantitative estimate of drug-likeness (QED) is 0.881. The topological polar surface area (TPSA) is 58.3 Å². The second-order valence-corrected chi connectivity index (χ2v) is 4.65. The zero-order valence-electron chi connectivity index (χ0n) is 11.0. The summed E-state index contributed by atoms with van der Waals surface area (Å²) in [6, 6.07) is 10.3. The highest BCUT2D eigenvalue weighted by molar-refractivity contribution is 5.78. The lowest BCUT2D eigenvalue weighted by Gasteiger charge is -2.36. The average Bonchev–Trinajstić information content (AvgIpc) is 2.48. The Labute approximate surface area is 112 Å². The number of nitrogens with zero attached hydrogens (tertiary/aromatic N) is 4. The van der Waals surface area contributed by atoms with Gasteiger partial charge in [0.25, 0.3) is 0 Å². The molecule has 0 bridgehead atoms. The fourth-order valence-corrected chi connectivity index (χ4v) is 2.46. The van der Waals surface area contributed by atoms with Gasteiger partial charge in [-0.05, 0) is 18.2 Å². The molecule has 19 heavy (non-hydrogen) atoms. The van der Waals surface area contributed by atoms with Crippen molar-refractivity contribution in [3.8, 4) is 0 Å². The van der Waals surface area contributed by atoms with E-state index < -0.39 is 0 Å². The number of likely N-dealkylation sites (N-methyl/N-ethyl adjacent to an activating group) is 1. The third kappa shape index (κ3) is 2.02. The van der Waals surface area contributed by atoms with Gasteiger partial charge in [0.15, 0.2) is 5.82 Å². The van der Waals surface area contributed by atoms with E-state index in [0.717, 1.165) is 30.2 Å². The molecular formula is C14H17N5. The predicted molar refractivity (Wildman–Crippen MR) is 76.6 cm³/mol. The van der Waals surface area contributed by atoms with Gasteiger partial charge >= 0.3 is 0 Å². The molecule has 0 amide bonds. The molecule has 5 nitrogen and oxygen atoms in total. The first-order valence-electron chi connectivity index (χ1n) is 6.39. The van der Waals surface area contributed by atoms with Crippen molar-refractivity contribution in [3.05, 3.63) is 42.1 Å². The molecule has 0 aliphatic carbocycles. The number of hydrogen-bond donors (Lipinski definition) is 1. The zero-order chi connectivity index (χ0) is 13.2. The fourth-order valence-electron chi connectivity index (χ4n) is 2.46. The normalized spacial score (nSPS) is 14.4. The largest absolute Gasteiger partial charge is 0.371 e. The molecule has 1 aliphatic heterocycles. The van der Waals surface area contributed by atoms with E-state index in [2.05, 4.69) is 45.2 Å². The van der Waals surface area contributed by atoms with E-state index in [1.54, 1.807) is 6.20 Å². The van der Waals surface area contributed by atoms with Gasteiger partial charge in [0, 0.05) is 32.2 Å². The number of para-hydroxylation sites is 2. The van der Waals surface area contributed by atoms with Gasteiger partial charge < -0.3 is 15.5 Å². The van der Waals surface area contributed by atoms with Crippen molar-refractivity contribution in [2.75, 3.05) is 29.9 Å². The predicted octanol–water partition coefficient (Wildman–Crippen LogP) is 1.52. The second kappa shape index (κ2) is 4.85. The van der Waals surface area contributed by atoms with Crippen molar-refractivity contribution in [3.63, 3.8) is 0 Å². The molecule has 0 saturated carbocycles. The Bertz CT molecular complexity index is 584. The molecule has 0 unspecified atom stereocenters. The van der Waals surface area contributed by atoms with Crippen LogP contribution in [0.3, 0.4) is 0 Å². The number of benzene rings is 1. The number of rotatable bonds is 2. The van der Waals surface area contributed by atoms with Crippen LogP contribution in [0, 0.1) is 0 Å². The zero-order valence-corrected chi connectivity index (χ0v) is 11.0. The molecule has 0 spiro atoms. The van der Waals surface area contributed by atoms with E-state index in [1.807, 2.05) is 12.1 Å². The summed E-state index contributed by atoms with van der Waals surface area (Å²) in [5.41, 5.74) is 9.19. The standard InChI is InChI=1S/C14H17N5/c1-18-8-9-19(13-5-3-2-4-12(13)18)14-11(10-15)6-7-16-17-14/h2-7H,8-10,15H2,1H3. The second-order valence-electron chi connectivity index (χ2n) is 4.65. The van der Waals surface area contributed by atoms with Crippen LogP contribution in [0.5, 0.6) is 0 Å². The Morgan fingerprint density at radius 1 is 1.16 bits per heavy atom. The van der Waals surface area contributed by atoms with E-state index in [-0.39, 0.29) is 0 Å². The molecule has 5 heteroatoms. The highest BCUT2D eigenvalue weighted by atomic mass is 15.3. The van der Waals surface area contributed by atoms with Crippen LogP contribution in [-0.4, -0.2) is 30.3 Å². The Kier molecular flexibility index (Phi) is 3.05. The summed E-state index contributed by atoms with van der Waals surface area (Å²) in [5.74, 6) is 0.866. The minimum Gasteiger partial charge on any atom is -0.371 e. The maximum Gasteiger partial charge on any atom is 0.160 e. The van der Waals surface area contributed by atoms with E-state index >= 15 is 0 Å². The van der Waals surface area contributed by atoms with Crippen molar-refractivity contribution in [2.24, 2.45) is 5.73 Å². The van der Waals surface area contributed by atoms with Crippen molar-refractivity contribution < 1.29 is 0 Å². The van der Waals surface area contributed by atoms with Crippen LogP contribution in [0.1, 0.15) is 5.56 Å². The lowest BCUT2D eigenvalue weighted by atomic mass is 10.1. The van der Waals surface area contributed by atoms with Gasteiger partial charge in [0.2, 0.25) is 0 Å². The summed E-state index contributed by atoms with van der Waals surface area (Å²) in [7, 11) is 2.11. The summed E-state index contributed by atoms with van der Waals surface area (Å²) < 4.78 is 0. The maximum atomic E-state index is 5.80. The highest BCUT2D eigenvalue weighted by Crippen LogP contribution is 2.36. The van der Waals surface area contributed by atoms with E-state index in [1.165, 1.54) is 5.69 Å². The SMILES string of the molecule is CN1CCN(c2nnccc2CN)c2ccccc21. The van der Waals surface area contributed by atoms with Crippen molar-refractivity contribution >= 4 is 17.2 Å². The first kappa shape index (κ1) is 11.9. The molecule has 2 aromatic rings. The third-order valence-electron chi connectivity index (χ3n) is 3.50. The minimum atomic E-state index is 0.472. The van der Waals surface area contributed by atoms with E-state index in [9.17, 15) is 0 Å². The van der Waals surface area contributed by atoms with Crippen LogP contribution >= 0.6 is 0 Å². The van der Waals surface area contributed by atoms with Crippen LogP contribution in [0.2, 0.25) is 0 Å². The van der Waals surface area contributed by atoms with Crippen LogP contribution < -0.4 is 15.5 Å². The van der Waals surface area contributed by atoms with Crippen LogP contribution in [0.25, 0.3) is 0 Å². The van der Waals surface area contributed by atoms with E-state index in [4.69, 9.17) is 5.73 Å². The maximum absolute atomic E-state index is 5.80. The molecule has 0 atom stereocenters. The number of nitrogens with two attached hydrogens (primary N) is 1. The highest BCUT2D eigenvalue weighted by Gasteiger charge is 2.23. The smallest absolute Gasteiger partial charge is 0.160 e. The van der Waals surface area contributed by atoms with Gasteiger partial charge in [-0.1, -0.05) is 12.1 Å². The van der Waals surface area contributed by atoms with E-state index in [0.29, 0.717) is 6.54 Å². The molecule has 1 aromatic carbocycles. The Balaban J connectivity index is 2.10. The fraction of sp³-hybridized carbons (Fsp3) is 0.286. The number of anilines is 3. The van der Waals surface area contributed by atoms with Gasteiger partial charge in [-0.25, -0.2) is 0 Å². The molecule has 0 fully saturated rings. The summed E-state index contributed by atoms with van der Waals surface area (Å²) in [6.07, 6.45) is 1.69. The molecule has 98 valence electrons. The lowest BCUT2D eigenvalue weighted by molar-refractivity contribution is 0.795. The van der Waals surface area contributed by atoms with Gasteiger partial charge in [0.1, 0.15) is 0 Å². The molecular weight excluding hydrogens is 238 g/mol. The first-order chi connectivity index (χ1) is 9.31. The van der Waals surface area contributed by atoms with Gasteiger partial charge in [-0.15, -0.1) is 5.10 Å². The third-order valence-corrected chi connectivity index (χ3v) is 3.50. The summed E-state index contributed by atoms with van der Waals surface area (Å²) in [6.45, 7) is 2.32. The molecule has 0 saturated heterocycles. The Morgan fingerprint density at radius 2 is 1.95 bits per heavy atom. The van der Waals surface area contributed by atoms with Crippen molar-refractivity contribution in [2.45, 2.75) is 6.54 Å². The van der Waals surface area contributed by atoms with Crippen LogP contribution in [-0.2, 0) is 6.54 Å². The minimum absolute atomic E-state index is 0.472. The summed E-state index contributed by atoms with van der Waals surface area (Å²) in [4.78, 5) is 4.45. The molecule has 1 aliphatic rings. The summed E-state index contributed by atoms with van der Waals surface area (Å²) in [5, 5.41) is 8.27. The molecule has 0 radical (unpaired) electrons. The molecule has 2 heterocycles. The van der Waals surface area contributed by atoms with Crippen LogP contribution in [0.15, 0.2) is 36.5 Å². The Hall–Kier alpha value is -2.14. The average molecular weight is 255 g/mol. The van der Waals surface area contributed by atoms with Crippen molar-refractivity contribution in [1.29, 1.82) is 0 Å². The monoisotopic (exact) mass is 255 g/mol. The summed E-state index contributed by atoms with van der Waals surface area (Å²) >= 11 is 0. The molecule has 2 N–H and O–H groups in total. The number of hydrogen-bond acceptors (Lipinski definition) is 5. The number of fused-ring (bicyclic) bond motifs is 1. The van der Waals surface area contributed by atoms with Gasteiger partial charge in [0.05, 0.1) is 17.6 Å². The van der Waals surface area contributed by atoms with Crippen LogP contribution in [0.4, 0.5) is 17.2 Å². The number of aromatic nitrogens is 2. The van der Waals surface area contributed by atoms with Gasteiger partial charge in [-0.2, -0.15) is 5.10 Å². The molecule has 1 aromatic heterocycles. The Morgan fingerprint density at radius 3 is 2.74 bits per heavy atom. The van der Waals surface area contributed by atoms with Crippen molar-refractivity contribution in [1.82, 2.24) is 10.2 Å². The lowest BCUT2D eigenvalue weighted by Crippen LogP contribution is -2.37.